The number of aromatic nitrogens is 1. The monoisotopic (exact) mass is 1570 g/mol. The van der Waals surface area contributed by atoms with Gasteiger partial charge < -0.3 is 101 Å². The maximum atomic E-state index is 16.0. The number of nitrogens with one attached hydrogen (secondary N) is 11. The number of aliphatic carboxylic acids is 2. The van der Waals surface area contributed by atoms with Crippen molar-refractivity contribution < 1.29 is 91.2 Å². The van der Waals surface area contributed by atoms with Crippen LogP contribution in [0.5, 0.6) is 5.75 Å². The van der Waals surface area contributed by atoms with Crippen LogP contribution in [0.25, 0.3) is 10.9 Å². The number of aromatic amines is 1. The van der Waals surface area contributed by atoms with Crippen LogP contribution in [-0.2, 0) is 86.4 Å². The molecule has 1 saturated carbocycles. The number of aliphatic imine (C=N–C) groups is 1. The van der Waals surface area contributed by atoms with Gasteiger partial charge in [-0.25, -0.2) is 8.78 Å². The molecule has 22 N–H and O–H groups in total. The van der Waals surface area contributed by atoms with Gasteiger partial charge in [0.1, 0.15) is 77.8 Å². The van der Waals surface area contributed by atoms with Crippen LogP contribution in [0.15, 0.2) is 71.9 Å². The van der Waals surface area contributed by atoms with E-state index in [1.54, 1.807) is 0 Å². The molecule has 3 heterocycles. The Morgan fingerprint density at radius 1 is 0.676 bits per heavy atom. The number of nitrogens with two attached hydrogens (primary N) is 4. The zero-order valence-electron chi connectivity index (χ0n) is 58.7. The molecule has 2 saturated heterocycles. The lowest BCUT2D eigenvalue weighted by Crippen LogP contribution is -2.61. The van der Waals surface area contributed by atoms with E-state index < -0.39 is 224 Å². The number of fused-ring (bicyclic) bond motifs is 1. The fourth-order valence-electron chi connectivity index (χ4n) is 12.5. The van der Waals surface area contributed by atoms with Crippen LogP contribution in [0.4, 0.5) is 8.78 Å². The third-order valence-corrected chi connectivity index (χ3v) is 20.9. The number of aromatic hydroxyl groups is 1. The molecule has 3 aromatic carbocycles. The summed E-state index contributed by atoms with van der Waals surface area (Å²) in [6, 6.07) is -3.01. The Kier molecular flexibility index (Phi) is 32.8. The number of benzene rings is 3. The van der Waals surface area contributed by atoms with Crippen LogP contribution in [-0.4, -0.2) is 212 Å². The number of phenols is 1. The van der Waals surface area contributed by atoms with Gasteiger partial charge in [-0.1, -0.05) is 70.3 Å². The van der Waals surface area contributed by atoms with Crippen molar-refractivity contribution in [2.24, 2.45) is 33.8 Å². The van der Waals surface area contributed by atoms with Gasteiger partial charge in [0.2, 0.25) is 70.9 Å². The molecule has 39 heteroatoms. The molecule has 34 nitrogen and oxygen atoms in total. The van der Waals surface area contributed by atoms with E-state index in [0.29, 0.717) is 43.2 Å². The van der Waals surface area contributed by atoms with Gasteiger partial charge in [0.25, 0.3) is 0 Å². The average Bonchev–Trinajstić information content (AvgIpc) is 1.72. The number of primary amides is 1. The number of hydrogen-bond acceptors (Lipinski definition) is 19. The highest BCUT2D eigenvalue weighted by Gasteiger charge is 2.41. The standard InChI is InChI=1S/C69H90ClF2N17O17S2/c70-42-9-3-8-37(57(42)72)29-48-64(102)81-44(10-4-25-78-69(75)76)60(98)77-26-23-53(91)80-45(18-20-55(93)94)61(99)83-49(30-38-32-79-43-17-14-39(71)31-41(38)43)65(103)82-46(19-21-56(95)96)62(100)86-50(59(74)97)33-107-108-34-51(66(104)88-58(68(106)85-48)36-6-1-2-7-36)87-63(101)47(28-35-12-15-40(90)16-13-35)84-67(105)52-11-5-27-89(52)54(92)22-24-73/h3,8-9,12-17,31-32,36,44-52,58,79,90H,1-2,4-7,10-11,18-30,33-34,73H2,(H2,74,97)(H,77,98)(H,80,91)(H,81,102)(H,82,103)(H,83,99)(H,84,105)(H,85,106)(H,86,100)(H,87,101)(H,88,104)(H,93,94)(H,95,96)(H4,75,76,78)/t44-,45-,46-,47-,48-,49-,50-,51-,52-,58+/m0/s1. The average molecular weight is 1570 g/mol. The SMILES string of the molecule is NCCC(=O)N1CCC[C@H]1C(=O)N[C@@H](Cc1ccc(O)cc1)C(=O)N[C@H]1CSSC[C@@H](C(N)=O)NC(=O)[C@H](CCC(=O)O)NC(=O)[C@H](Cc2c[nH]c3ccc(F)cc23)NC(=O)[C@H](CCC(=O)O)NC(=O)CCNC(=O)[C@H](CCCN=C(N)N)NC(=O)[C@H](Cc2cccc(Cl)c2F)NC(=O)[C@@H](C2CCCC2)NC1=O. The first kappa shape index (κ1) is 84.9. The third kappa shape index (κ3) is 26.0. The van der Waals surface area contributed by atoms with Crippen molar-refractivity contribution in [3.05, 3.63) is 100 Å². The fraction of sp³-hybridized carbons (Fsp3) is 0.493. The van der Waals surface area contributed by atoms with E-state index in [1.807, 2.05) is 0 Å². The van der Waals surface area contributed by atoms with E-state index in [1.165, 1.54) is 59.6 Å². The number of guanidine groups is 1. The summed E-state index contributed by atoms with van der Waals surface area (Å²) < 4.78 is 30.8. The highest BCUT2D eigenvalue weighted by atomic mass is 35.5. The molecule has 0 spiro atoms. The maximum Gasteiger partial charge on any atom is 0.303 e. The highest BCUT2D eigenvalue weighted by molar-refractivity contribution is 8.76. The quantitative estimate of drug-likeness (QED) is 0.0171. The summed E-state index contributed by atoms with van der Waals surface area (Å²) in [5.41, 5.74) is 23.5. The van der Waals surface area contributed by atoms with Crippen LogP contribution in [0.1, 0.15) is 107 Å². The maximum absolute atomic E-state index is 16.0. The van der Waals surface area contributed by atoms with Gasteiger partial charge in [0, 0.05) is 99.7 Å². The van der Waals surface area contributed by atoms with Crippen LogP contribution < -0.4 is 76.1 Å². The lowest BCUT2D eigenvalue weighted by Gasteiger charge is -2.30. The predicted octanol–water partition coefficient (Wildman–Crippen LogP) is -1.10. The number of H-pyrrole nitrogens is 1. The van der Waals surface area contributed by atoms with Crippen molar-refractivity contribution in [2.75, 3.05) is 37.7 Å². The first-order chi connectivity index (χ1) is 51.5. The van der Waals surface area contributed by atoms with Crippen molar-refractivity contribution in [3.8, 4) is 5.75 Å². The van der Waals surface area contributed by atoms with Gasteiger partial charge in [0.15, 0.2) is 5.96 Å². The van der Waals surface area contributed by atoms with Crippen LogP contribution in [0, 0.1) is 17.6 Å². The predicted molar refractivity (Wildman–Crippen MR) is 392 cm³/mol. The zero-order valence-corrected chi connectivity index (χ0v) is 61.1. The zero-order chi connectivity index (χ0) is 78.7. The van der Waals surface area contributed by atoms with Gasteiger partial charge in [-0.15, -0.1) is 0 Å². The van der Waals surface area contributed by atoms with Gasteiger partial charge in [-0.2, -0.15) is 0 Å². The number of phenolic OH excluding ortho intramolecular Hbond substituents is 1. The van der Waals surface area contributed by atoms with Gasteiger partial charge >= 0.3 is 11.9 Å². The van der Waals surface area contributed by atoms with Crippen LogP contribution in [0.2, 0.25) is 5.02 Å². The number of likely N-dealkylation sites (tertiary alicyclic amines) is 1. The van der Waals surface area contributed by atoms with E-state index >= 15 is 18.8 Å². The first-order valence-corrected chi connectivity index (χ1v) is 37.8. The second kappa shape index (κ2) is 41.7. The van der Waals surface area contributed by atoms with E-state index in [9.17, 15) is 72.4 Å². The molecular weight excluding hydrogens is 1480 g/mol. The molecule has 1 aromatic heterocycles. The van der Waals surface area contributed by atoms with Crippen molar-refractivity contribution >= 4 is 133 Å². The number of carbonyl (C=O) groups is 14. The van der Waals surface area contributed by atoms with Crippen molar-refractivity contribution in [1.82, 2.24) is 63.1 Å². The smallest absolute Gasteiger partial charge is 0.303 e. The summed E-state index contributed by atoms with van der Waals surface area (Å²) in [5.74, 6) is -18.4. The Bertz CT molecular complexity index is 3960. The molecule has 0 bridgehead atoms. The molecule has 3 fully saturated rings. The second-order valence-corrected chi connectivity index (χ2v) is 29.1. The van der Waals surface area contributed by atoms with E-state index in [-0.39, 0.29) is 85.0 Å². The van der Waals surface area contributed by atoms with Crippen LogP contribution in [0.3, 0.4) is 0 Å². The molecular formula is C69H90ClF2N17O17S2. The van der Waals surface area contributed by atoms with Gasteiger partial charge in [-0.05, 0) is 110 Å². The normalized spacial score (nSPS) is 22.7. The molecule has 108 heavy (non-hydrogen) atoms. The Balaban J connectivity index is 1.29. The number of amides is 12. The van der Waals surface area contributed by atoms with Crippen molar-refractivity contribution in [1.29, 1.82) is 0 Å². The fourth-order valence-corrected chi connectivity index (χ4v) is 15.1. The number of nitrogens with zero attached hydrogens (tertiary/aromatic N) is 2. The first-order valence-electron chi connectivity index (χ1n) is 35.0. The molecule has 10 atom stereocenters. The number of carbonyl (C=O) groups excluding carboxylic acids is 12. The highest BCUT2D eigenvalue weighted by Crippen LogP contribution is 2.30. The lowest BCUT2D eigenvalue weighted by atomic mass is 9.95. The molecule has 12 amide bonds. The topological polar surface area (TPSA) is 555 Å². The number of hydrogen-bond donors (Lipinski definition) is 18. The largest absolute Gasteiger partial charge is 0.508 e. The number of halogens is 3. The van der Waals surface area contributed by atoms with E-state index in [4.69, 9.17) is 34.5 Å². The number of rotatable bonds is 24. The van der Waals surface area contributed by atoms with E-state index in [0.717, 1.165) is 33.7 Å². The Hall–Kier alpha value is -10.3. The Labute approximate surface area is 631 Å². The third-order valence-electron chi connectivity index (χ3n) is 18.2. The number of carboxylic acid groups (broad SMARTS) is 2. The summed E-state index contributed by atoms with van der Waals surface area (Å²) in [6.45, 7) is -0.410. The minimum absolute atomic E-state index is 0.0101. The minimum atomic E-state index is -1.84. The molecule has 7 rings (SSSR count). The van der Waals surface area contributed by atoms with Crippen molar-refractivity contribution in [2.45, 2.75) is 170 Å². The summed E-state index contributed by atoms with van der Waals surface area (Å²) in [7, 11) is 1.62. The molecule has 3 aliphatic rings. The molecule has 0 radical (unpaired) electrons. The molecule has 1 aliphatic carbocycles. The minimum Gasteiger partial charge on any atom is -0.508 e. The summed E-state index contributed by atoms with van der Waals surface area (Å²) >= 11 is 6.22. The molecule has 2 aliphatic heterocycles. The molecule has 586 valence electrons. The summed E-state index contributed by atoms with van der Waals surface area (Å²) in [5, 5.41) is 55.2. The lowest BCUT2D eigenvalue weighted by molar-refractivity contribution is -0.139. The van der Waals surface area contributed by atoms with Crippen LogP contribution >= 0.6 is 33.2 Å². The van der Waals surface area contributed by atoms with Gasteiger partial charge in [0.05, 0.1) is 5.02 Å². The Morgan fingerprint density at radius 3 is 1.94 bits per heavy atom. The second-order valence-electron chi connectivity index (χ2n) is 26.2. The summed E-state index contributed by atoms with van der Waals surface area (Å²) in [6.07, 6.45) is -1.29. The molecule has 4 aromatic rings. The summed E-state index contributed by atoms with van der Waals surface area (Å²) in [4.78, 5) is 205. The number of carboxylic acids is 2. The Morgan fingerprint density at radius 2 is 1.29 bits per heavy atom. The van der Waals surface area contributed by atoms with Gasteiger partial charge in [-0.3, -0.25) is 72.1 Å². The van der Waals surface area contributed by atoms with E-state index in [2.05, 4.69) is 63.1 Å². The molecule has 0 unspecified atom stereocenters. The van der Waals surface area contributed by atoms with Crippen molar-refractivity contribution in [3.63, 3.8) is 0 Å².